The van der Waals surface area contributed by atoms with Crippen molar-refractivity contribution < 1.29 is 4.74 Å². The van der Waals surface area contributed by atoms with E-state index in [0.29, 0.717) is 17.1 Å². The predicted molar refractivity (Wildman–Crippen MR) is 111 cm³/mol. The number of rotatable bonds is 6. The lowest BCUT2D eigenvalue weighted by molar-refractivity contribution is 0.234. The van der Waals surface area contributed by atoms with Gasteiger partial charge in [0.2, 0.25) is 0 Å². The van der Waals surface area contributed by atoms with Gasteiger partial charge in [0.05, 0.1) is 18.5 Å². The topological polar surface area (TPSA) is 71.1 Å². The molecule has 28 heavy (non-hydrogen) atoms. The molecule has 2 fully saturated rings. The summed E-state index contributed by atoms with van der Waals surface area (Å²) in [5.74, 6) is 2.99. The number of hydrazine groups is 1. The second kappa shape index (κ2) is 7.54. The molecular weight excluding hydrogens is 374 g/mol. The molecule has 1 aliphatic carbocycles. The summed E-state index contributed by atoms with van der Waals surface area (Å²) in [5, 5.41) is 5.89. The Morgan fingerprint density at radius 3 is 2.89 bits per heavy atom. The van der Waals surface area contributed by atoms with E-state index in [4.69, 9.17) is 16.3 Å². The van der Waals surface area contributed by atoms with Crippen molar-refractivity contribution in [1.29, 1.82) is 0 Å². The molecule has 5 rings (SSSR count). The largest absolute Gasteiger partial charge is 0.493 e. The summed E-state index contributed by atoms with van der Waals surface area (Å²) < 4.78 is 6.13. The predicted octanol–water partition coefficient (Wildman–Crippen LogP) is 3.91. The van der Waals surface area contributed by atoms with Gasteiger partial charge in [0.15, 0.2) is 0 Å². The van der Waals surface area contributed by atoms with Crippen LogP contribution in [0, 0.1) is 11.8 Å². The number of aromatic nitrogens is 2. The number of ether oxygens (including phenoxy) is 1. The van der Waals surface area contributed by atoms with Crippen LogP contribution in [0.3, 0.4) is 0 Å². The first-order chi connectivity index (χ1) is 13.8. The number of halogens is 1. The second-order valence-electron chi connectivity index (χ2n) is 7.50. The molecule has 3 aromatic rings. The average Bonchev–Trinajstić information content (AvgIpc) is 3.46. The second-order valence-corrected chi connectivity index (χ2v) is 7.88. The Balaban J connectivity index is 1.31. The van der Waals surface area contributed by atoms with Crippen molar-refractivity contribution in [2.75, 3.05) is 18.5 Å². The number of nitrogens with one attached hydrogen (secondary N) is 3. The maximum Gasteiger partial charge on any atom is 0.138 e. The van der Waals surface area contributed by atoms with E-state index >= 15 is 0 Å². The van der Waals surface area contributed by atoms with Crippen molar-refractivity contribution in [2.45, 2.75) is 18.9 Å². The number of nitrogens with zero attached hydrogens (tertiary/aromatic N) is 2. The fraction of sp³-hybridized carbons (Fsp3) is 0.333. The lowest BCUT2D eigenvalue weighted by Gasteiger charge is -2.18. The Morgan fingerprint density at radius 2 is 2.07 bits per heavy atom. The van der Waals surface area contributed by atoms with Crippen molar-refractivity contribution in [3.05, 3.63) is 53.9 Å². The molecular formula is C21H22ClN5O. The van der Waals surface area contributed by atoms with Crippen LogP contribution in [0.25, 0.3) is 10.8 Å². The number of anilines is 2. The SMILES string of the molecule is Clc1ccc(Nc2nccc3cc(OCC4CNNC4C4CC4)ccc23)cn1. The van der Waals surface area contributed by atoms with E-state index in [1.54, 1.807) is 18.5 Å². The van der Waals surface area contributed by atoms with E-state index < -0.39 is 0 Å². The number of hydrogen-bond donors (Lipinski definition) is 3. The zero-order chi connectivity index (χ0) is 18.9. The summed E-state index contributed by atoms with van der Waals surface area (Å²) in [6.45, 7) is 1.68. The molecule has 2 aromatic heterocycles. The van der Waals surface area contributed by atoms with Crippen LogP contribution in [-0.4, -0.2) is 29.2 Å². The third-order valence-corrected chi connectivity index (χ3v) is 5.68. The van der Waals surface area contributed by atoms with Crippen LogP contribution >= 0.6 is 11.6 Å². The quantitative estimate of drug-likeness (QED) is 0.550. The van der Waals surface area contributed by atoms with Crippen LogP contribution in [0.4, 0.5) is 11.5 Å². The summed E-state index contributed by atoms with van der Waals surface area (Å²) in [5.41, 5.74) is 7.54. The van der Waals surface area contributed by atoms with Gasteiger partial charge in [-0.15, -0.1) is 0 Å². The number of fused-ring (bicyclic) bond motifs is 1. The lowest BCUT2D eigenvalue weighted by atomic mass is 9.99. The number of pyridine rings is 2. The molecule has 2 unspecified atom stereocenters. The Kier molecular flexibility index (Phi) is 4.76. The highest BCUT2D eigenvalue weighted by Crippen LogP contribution is 2.37. The Labute approximate surface area is 168 Å². The Bertz CT molecular complexity index is 976. The third kappa shape index (κ3) is 3.76. The van der Waals surface area contributed by atoms with Gasteiger partial charge in [-0.1, -0.05) is 11.6 Å². The van der Waals surface area contributed by atoms with Gasteiger partial charge >= 0.3 is 0 Å². The monoisotopic (exact) mass is 395 g/mol. The van der Waals surface area contributed by atoms with Gasteiger partial charge in [-0.05, 0) is 60.5 Å². The zero-order valence-corrected chi connectivity index (χ0v) is 16.1. The normalized spacial score (nSPS) is 21.8. The van der Waals surface area contributed by atoms with Gasteiger partial charge in [-0.2, -0.15) is 0 Å². The Hall–Kier alpha value is -2.41. The van der Waals surface area contributed by atoms with Crippen molar-refractivity contribution in [3.8, 4) is 5.75 Å². The summed E-state index contributed by atoms with van der Waals surface area (Å²) >= 11 is 5.86. The van der Waals surface area contributed by atoms with E-state index in [-0.39, 0.29) is 0 Å². The molecule has 3 N–H and O–H groups in total. The molecule has 0 spiro atoms. The molecule has 1 saturated carbocycles. The van der Waals surface area contributed by atoms with Gasteiger partial charge in [-0.25, -0.2) is 9.97 Å². The molecule has 1 aromatic carbocycles. The molecule has 7 heteroatoms. The van der Waals surface area contributed by atoms with E-state index in [2.05, 4.69) is 32.2 Å². The highest BCUT2D eigenvalue weighted by Gasteiger charge is 2.39. The van der Waals surface area contributed by atoms with Crippen molar-refractivity contribution in [3.63, 3.8) is 0 Å². The minimum Gasteiger partial charge on any atom is -0.493 e. The fourth-order valence-electron chi connectivity index (χ4n) is 3.81. The molecule has 0 bridgehead atoms. The van der Waals surface area contributed by atoms with Crippen LogP contribution in [0.15, 0.2) is 48.8 Å². The van der Waals surface area contributed by atoms with E-state index in [0.717, 1.165) is 47.1 Å². The molecule has 0 amide bonds. The highest BCUT2D eigenvalue weighted by molar-refractivity contribution is 6.29. The molecule has 2 atom stereocenters. The average molecular weight is 396 g/mol. The highest BCUT2D eigenvalue weighted by atomic mass is 35.5. The van der Waals surface area contributed by atoms with Crippen molar-refractivity contribution in [2.24, 2.45) is 11.8 Å². The van der Waals surface area contributed by atoms with E-state index in [9.17, 15) is 0 Å². The maximum atomic E-state index is 6.13. The number of hydrogen-bond acceptors (Lipinski definition) is 6. The molecule has 1 saturated heterocycles. The van der Waals surface area contributed by atoms with Gasteiger partial charge in [0, 0.05) is 30.1 Å². The first-order valence-electron chi connectivity index (χ1n) is 9.65. The van der Waals surface area contributed by atoms with E-state index in [1.807, 2.05) is 24.3 Å². The summed E-state index contributed by atoms with van der Waals surface area (Å²) in [4.78, 5) is 8.57. The molecule has 3 heterocycles. The summed E-state index contributed by atoms with van der Waals surface area (Å²) in [6.07, 6.45) is 6.15. The van der Waals surface area contributed by atoms with E-state index in [1.165, 1.54) is 12.8 Å². The molecule has 144 valence electrons. The van der Waals surface area contributed by atoms with Crippen LogP contribution in [0.5, 0.6) is 5.75 Å². The first-order valence-corrected chi connectivity index (χ1v) is 10.0. The third-order valence-electron chi connectivity index (χ3n) is 5.46. The Morgan fingerprint density at radius 1 is 1.14 bits per heavy atom. The van der Waals surface area contributed by atoms with Crippen LogP contribution in [0.1, 0.15) is 12.8 Å². The fourth-order valence-corrected chi connectivity index (χ4v) is 3.92. The van der Waals surface area contributed by atoms with Crippen LogP contribution < -0.4 is 20.9 Å². The van der Waals surface area contributed by atoms with Crippen molar-refractivity contribution in [1.82, 2.24) is 20.8 Å². The van der Waals surface area contributed by atoms with Crippen molar-refractivity contribution >= 4 is 33.9 Å². The maximum absolute atomic E-state index is 6.13. The molecule has 1 aliphatic heterocycles. The minimum absolute atomic E-state index is 0.467. The standard InChI is InChI=1S/C21H22ClN5O/c22-19-6-3-16(11-24-19)26-21-18-5-4-17(9-14(18)7-8-23-21)28-12-15-10-25-27-20(15)13-1-2-13/h3-9,11,13,15,20,25,27H,1-2,10,12H2,(H,23,26). The molecule has 0 radical (unpaired) electrons. The zero-order valence-electron chi connectivity index (χ0n) is 15.4. The molecule has 2 aliphatic rings. The van der Waals surface area contributed by atoms with Gasteiger partial charge in [0.25, 0.3) is 0 Å². The van der Waals surface area contributed by atoms with Crippen LogP contribution in [0.2, 0.25) is 5.15 Å². The van der Waals surface area contributed by atoms with Crippen LogP contribution in [-0.2, 0) is 0 Å². The number of benzene rings is 1. The smallest absolute Gasteiger partial charge is 0.138 e. The molecule has 6 nitrogen and oxygen atoms in total. The minimum atomic E-state index is 0.467. The van der Waals surface area contributed by atoms with Gasteiger partial charge in [0.1, 0.15) is 16.7 Å². The van der Waals surface area contributed by atoms with Gasteiger partial charge < -0.3 is 10.1 Å². The lowest BCUT2D eigenvalue weighted by Crippen LogP contribution is -2.34. The van der Waals surface area contributed by atoms with Gasteiger partial charge in [-0.3, -0.25) is 10.9 Å². The summed E-state index contributed by atoms with van der Waals surface area (Å²) in [7, 11) is 0. The summed E-state index contributed by atoms with van der Waals surface area (Å²) in [6, 6.07) is 12.3. The first kappa shape index (κ1) is 17.7.